The largest absolute Gasteiger partial charge is 0.391 e. The van der Waals surface area contributed by atoms with E-state index in [4.69, 9.17) is 5.73 Å². The molecule has 0 heterocycles. The van der Waals surface area contributed by atoms with Crippen LogP contribution in [-0.2, 0) is 9.59 Å². The van der Waals surface area contributed by atoms with E-state index in [2.05, 4.69) is 10.6 Å². The van der Waals surface area contributed by atoms with Crippen LogP contribution in [0.15, 0.2) is 0 Å². The zero-order valence-corrected chi connectivity index (χ0v) is 11.6. The zero-order chi connectivity index (χ0) is 14.3. The summed E-state index contributed by atoms with van der Waals surface area (Å²) in [6, 6.07) is -0.612. The van der Waals surface area contributed by atoms with E-state index in [-0.39, 0.29) is 36.7 Å². The summed E-state index contributed by atoms with van der Waals surface area (Å²) in [5.74, 6) is -0.575. The molecule has 18 heavy (non-hydrogen) atoms. The Morgan fingerprint density at radius 2 is 1.67 bits per heavy atom. The molecule has 0 spiro atoms. The second-order valence-corrected chi connectivity index (χ2v) is 5.10. The van der Waals surface area contributed by atoms with Crippen molar-refractivity contribution in [3.05, 3.63) is 0 Å². The fourth-order valence-electron chi connectivity index (χ4n) is 1.10. The minimum absolute atomic E-state index is 0.0239. The maximum absolute atomic E-state index is 11.5. The highest BCUT2D eigenvalue weighted by atomic mass is 16.3. The van der Waals surface area contributed by atoms with Crippen LogP contribution < -0.4 is 16.4 Å². The number of amides is 2. The van der Waals surface area contributed by atoms with Crippen LogP contribution in [0.2, 0.25) is 0 Å². The van der Waals surface area contributed by atoms with E-state index < -0.39 is 12.1 Å². The number of aliphatic hydroxyl groups is 1. The van der Waals surface area contributed by atoms with Crippen molar-refractivity contribution in [2.24, 2.45) is 17.6 Å². The molecule has 0 aliphatic rings. The Bertz CT molecular complexity index is 280. The lowest BCUT2D eigenvalue weighted by atomic mass is 10.1. The summed E-state index contributed by atoms with van der Waals surface area (Å²) in [6.07, 6.45) is -0.581. The van der Waals surface area contributed by atoms with Gasteiger partial charge in [-0.3, -0.25) is 9.59 Å². The van der Waals surface area contributed by atoms with Crippen molar-refractivity contribution >= 4 is 11.8 Å². The smallest absolute Gasteiger partial charge is 0.239 e. The molecule has 0 aliphatic carbocycles. The van der Waals surface area contributed by atoms with Crippen molar-refractivity contribution < 1.29 is 14.7 Å². The van der Waals surface area contributed by atoms with Gasteiger partial charge in [0.2, 0.25) is 11.8 Å². The predicted octanol–water partition coefficient (Wildman–Crippen LogP) is -0.781. The van der Waals surface area contributed by atoms with Crippen LogP contribution in [0.3, 0.4) is 0 Å². The Hall–Kier alpha value is -1.14. The van der Waals surface area contributed by atoms with Gasteiger partial charge in [-0.1, -0.05) is 27.7 Å². The maximum Gasteiger partial charge on any atom is 0.239 e. The maximum atomic E-state index is 11.5. The number of hydrogen-bond donors (Lipinski definition) is 4. The summed E-state index contributed by atoms with van der Waals surface area (Å²) >= 11 is 0. The molecule has 0 aromatic rings. The normalized spacial score (nSPS) is 14.4. The van der Waals surface area contributed by atoms with Gasteiger partial charge in [0.05, 0.1) is 18.7 Å². The molecule has 6 nitrogen and oxygen atoms in total. The van der Waals surface area contributed by atoms with Crippen LogP contribution in [0, 0.1) is 11.8 Å². The highest BCUT2D eigenvalue weighted by molar-refractivity contribution is 5.87. The quantitative estimate of drug-likeness (QED) is 0.481. The predicted molar refractivity (Wildman–Crippen MR) is 69.7 cm³/mol. The van der Waals surface area contributed by atoms with Crippen molar-refractivity contribution in [3.8, 4) is 0 Å². The van der Waals surface area contributed by atoms with Gasteiger partial charge < -0.3 is 21.5 Å². The van der Waals surface area contributed by atoms with Gasteiger partial charge in [0.15, 0.2) is 0 Å². The van der Waals surface area contributed by atoms with Gasteiger partial charge in [0.1, 0.15) is 0 Å². The minimum Gasteiger partial charge on any atom is -0.391 e. The molecular formula is C12H25N3O3. The Kier molecular flexibility index (Phi) is 7.54. The fraction of sp³-hybridized carbons (Fsp3) is 0.833. The van der Waals surface area contributed by atoms with Gasteiger partial charge in [-0.15, -0.1) is 0 Å². The van der Waals surface area contributed by atoms with Gasteiger partial charge in [-0.25, -0.2) is 0 Å². The van der Waals surface area contributed by atoms with E-state index in [9.17, 15) is 14.7 Å². The summed E-state index contributed by atoms with van der Waals surface area (Å²) in [5, 5.41) is 14.5. The molecule has 0 radical (unpaired) electrons. The molecule has 0 saturated heterocycles. The summed E-state index contributed by atoms with van der Waals surface area (Å²) in [7, 11) is 0. The molecule has 0 aromatic heterocycles. The first-order valence-electron chi connectivity index (χ1n) is 6.23. The van der Waals surface area contributed by atoms with Gasteiger partial charge in [-0.2, -0.15) is 0 Å². The summed E-state index contributed by atoms with van der Waals surface area (Å²) in [4.78, 5) is 22.9. The third-order valence-electron chi connectivity index (χ3n) is 2.72. The number of aliphatic hydroxyl groups excluding tert-OH is 1. The molecule has 0 fully saturated rings. The minimum atomic E-state index is -0.612. The lowest BCUT2D eigenvalue weighted by Crippen LogP contribution is -2.48. The van der Waals surface area contributed by atoms with Crippen LogP contribution in [0.25, 0.3) is 0 Å². The van der Waals surface area contributed by atoms with Gasteiger partial charge in [0.25, 0.3) is 0 Å². The first kappa shape index (κ1) is 16.9. The fourth-order valence-corrected chi connectivity index (χ4v) is 1.10. The molecular weight excluding hydrogens is 234 g/mol. The van der Waals surface area contributed by atoms with Crippen molar-refractivity contribution in [1.82, 2.24) is 10.6 Å². The Morgan fingerprint density at radius 1 is 1.11 bits per heavy atom. The van der Waals surface area contributed by atoms with Gasteiger partial charge in [0, 0.05) is 6.54 Å². The second kappa shape index (κ2) is 8.05. The van der Waals surface area contributed by atoms with E-state index in [0.29, 0.717) is 0 Å². The topological polar surface area (TPSA) is 104 Å². The number of rotatable bonds is 7. The average Bonchev–Trinajstić information content (AvgIpc) is 2.31. The average molecular weight is 259 g/mol. The first-order valence-corrected chi connectivity index (χ1v) is 6.23. The first-order chi connectivity index (χ1) is 8.25. The summed E-state index contributed by atoms with van der Waals surface area (Å²) in [6.45, 7) is 7.46. The van der Waals surface area contributed by atoms with Gasteiger partial charge >= 0.3 is 0 Å². The lowest BCUT2D eigenvalue weighted by Gasteiger charge is -2.17. The van der Waals surface area contributed by atoms with Crippen LogP contribution >= 0.6 is 0 Å². The van der Waals surface area contributed by atoms with E-state index in [1.807, 2.05) is 27.7 Å². The molecule has 2 atom stereocenters. The molecule has 0 rings (SSSR count). The number of carbonyl (C=O) groups is 2. The molecule has 0 aromatic carbocycles. The van der Waals surface area contributed by atoms with Crippen LogP contribution in [0.4, 0.5) is 0 Å². The van der Waals surface area contributed by atoms with E-state index in [1.165, 1.54) is 0 Å². The van der Waals surface area contributed by atoms with Crippen molar-refractivity contribution in [2.75, 3.05) is 13.1 Å². The third-order valence-corrected chi connectivity index (χ3v) is 2.72. The highest BCUT2D eigenvalue weighted by Gasteiger charge is 2.17. The lowest BCUT2D eigenvalue weighted by molar-refractivity contribution is -0.127. The molecule has 0 bridgehead atoms. The summed E-state index contributed by atoms with van der Waals surface area (Å²) < 4.78 is 0. The summed E-state index contributed by atoms with van der Waals surface area (Å²) in [5.41, 5.74) is 5.62. The Labute approximate surface area is 108 Å². The molecule has 0 saturated carbocycles. The zero-order valence-electron chi connectivity index (χ0n) is 11.6. The highest BCUT2D eigenvalue weighted by Crippen LogP contribution is 1.99. The van der Waals surface area contributed by atoms with Crippen molar-refractivity contribution in [2.45, 2.75) is 39.8 Å². The molecule has 5 N–H and O–H groups in total. The van der Waals surface area contributed by atoms with Crippen molar-refractivity contribution in [3.63, 3.8) is 0 Å². The monoisotopic (exact) mass is 259 g/mol. The van der Waals surface area contributed by atoms with E-state index >= 15 is 0 Å². The van der Waals surface area contributed by atoms with E-state index in [0.717, 1.165) is 0 Å². The van der Waals surface area contributed by atoms with E-state index in [1.54, 1.807) is 0 Å². The number of hydrogen-bond acceptors (Lipinski definition) is 4. The molecule has 2 amide bonds. The molecule has 106 valence electrons. The van der Waals surface area contributed by atoms with Crippen LogP contribution in [0.5, 0.6) is 0 Å². The standard InChI is InChI=1S/C12H25N3O3/c1-7(2)9(16)5-14-10(17)6-15-12(18)11(13)8(3)4/h7-9,11,16H,5-6,13H2,1-4H3,(H,14,17)(H,15,18)/t9?,11-/m0/s1. The SMILES string of the molecule is CC(C)C(O)CNC(=O)CNC(=O)[C@@H](N)C(C)C. The Morgan fingerprint density at radius 3 is 2.11 bits per heavy atom. The molecule has 6 heteroatoms. The van der Waals surface area contributed by atoms with Gasteiger partial charge in [-0.05, 0) is 11.8 Å². The van der Waals surface area contributed by atoms with Crippen molar-refractivity contribution in [1.29, 1.82) is 0 Å². The Balaban J connectivity index is 3.87. The molecule has 1 unspecified atom stereocenters. The number of carbonyl (C=O) groups excluding carboxylic acids is 2. The van der Waals surface area contributed by atoms with Crippen LogP contribution in [0.1, 0.15) is 27.7 Å². The van der Waals surface area contributed by atoms with Crippen LogP contribution in [-0.4, -0.2) is 42.2 Å². The molecule has 0 aliphatic heterocycles. The second-order valence-electron chi connectivity index (χ2n) is 5.10. The third kappa shape index (κ3) is 6.56. The number of nitrogens with two attached hydrogens (primary N) is 1. The number of nitrogens with one attached hydrogen (secondary N) is 2.